The van der Waals surface area contributed by atoms with E-state index in [-0.39, 0.29) is 0 Å². The maximum atomic E-state index is 5.64. The highest BCUT2D eigenvalue weighted by Gasteiger charge is 2.29. The lowest BCUT2D eigenvalue weighted by Crippen LogP contribution is -2.36. The maximum absolute atomic E-state index is 5.64. The Balaban J connectivity index is 1.99. The van der Waals surface area contributed by atoms with Crippen LogP contribution in [0.25, 0.3) is 0 Å². The average Bonchev–Trinajstić information content (AvgIpc) is 3.03. The molecule has 4 nitrogen and oxygen atoms in total. The van der Waals surface area contributed by atoms with E-state index in [1.165, 1.54) is 0 Å². The van der Waals surface area contributed by atoms with Crippen LogP contribution in [0.4, 0.5) is 5.13 Å². The topological polar surface area (TPSA) is 37.4 Å². The molecule has 0 aliphatic carbocycles. The minimum atomic E-state index is 0.299. The van der Waals surface area contributed by atoms with Crippen LogP contribution in [0, 0.1) is 0 Å². The van der Waals surface area contributed by atoms with Crippen molar-refractivity contribution in [1.82, 2.24) is 10.3 Å². The standard InChI is InChI=1S/C14H25N3OS/c1-5-7-15-10(2)12-9-19-14(16-12)17(4)13-6-8-18-11(13)3/h9-11,13,15H,5-8H2,1-4H3. The summed E-state index contributed by atoms with van der Waals surface area (Å²) < 4.78 is 5.64. The van der Waals surface area contributed by atoms with Crippen molar-refractivity contribution in [3.05, 3.63) is 11.1 Å². The normalized spacial score (nSPS) is 24.6. The number of thiazole rings is 1. The molecule has 0 saturated carbocycles. The van der Waals surface area contributed by atoms with E-state index in [1.807, 2.05) is 0 Å². The summed E-state index contributed by atoms with van der Waals surface area (Å²) in [7, 11) is 2.13. The highest BCUT2D eigenvalue weighted by Crippen LogP contribution is 2.28. The number of hydrogen-bond donors (Lipinski definition) is 1. The van der Waals surface area contributed by atoms with E-state index in [1.54, 1.807) is 11.3 Å². The molecule has 1 aromatic heterocycles. The Bertz CT molecular complexity index is 396. The number of aromatic nitrogens is 1. The van der Waals surface area contributed by atoms with Gasteiger partial charge in [0.2, 0.25) is 0 Å². The molecule has 0 radical (unpaired) electrons. The Kier molecular flexibility index (Phi) is 5.19. The van der Waals surface area contributed by atoms with Crippen molar-refractivity contribution in [3.63, 3.8) is 0 Å². The molecule has 19 heavy (non-hydrogen) atoms. The van der Waals surface area contributed by atoms with Gasteiger partial charge >= 0.3 is 0 Å². The zero-order valence-electron chi connectivity index (χ0n) is 12.3. The fourth-order valence-electron chi connectivity index (χ4n) is 2.47. The second kappa shape index (κ2) is 6.68. The Labute approximate surface area is 120 Å². The third kappa shape index (κ3) is 3.46. The zero-order valence-corrected chi connectivity index (χ0v) is 13.2. The first-order valence-corrected chi connectivity index (χ1v) is 8.04. The van der Waals surface area contributed by atoms with Gasteiger partial charge in [0.05, 0.1) is 17.8 Å². The van der Waals surface area contributed by atoms with Gasteiger partial charge in [0.25, 0.3) is 0 Å². The van der Waals surface area contributed by atoms with Crippen molar-refractivity contribution in [2.45, 2.75) is 51.8 Å². The van der Waals surface area contributed by atoms with Crippen molar-refractivity contribution in [3.8, 4) is 0 Å². The first kappa shape index (κ1) is 14.8. The lowest BCUT2D eigenvalue weighted by molar-refractivity contribution is 0.118. The molecule has 3 unspecified atom stereocenters. The Hall–Kier alpha value is -0.650. The fraction of sp³-hybridized carbons (Fsp3) is 0.786. The third-order valence-electron chi connectivity index (χ3n) is 3.79. The number of hydrogen-bond acceptors (Lipinski definition) is 5. The van der Waals surface area contributed by atoms with Crippen LogP contribution in [-0.4, -0.2) is 37.3 Å². The lowest BCUT2D eigenvalue weighted by Gasteiger charge is -2.26. The van der Waals surface area contributed by atoms with Crippen LogP contribution in [-0.2, 0) is 4.74 Å². The molecule has 0 amide bonds. The summed E-state index contributed by atoms with van der Waals surface area (Å²) in [5, 5.41) is 6.75. The summed E-state index contributed by atoms with van der Waals surface area (Å²) in [6.07, 6.45) is 2.54. The molecule has 3 atom stereocenters. The second-order valence-electron chi connectivity index (χ2n) is 5.27. The first-order valence-electron chi connectivity index (χ1n) is 7.16. The summed E-state index contributed by atoms with van der Waals surface area (Å²) in [5.74, 6) is 0. The summed E-state index contributed by atoms with van der Waals surface area (Å²) in [6, 6.07) is 0.786. The lowest BCUT2D eigenvalue weighted by atomic mass is 10.1. The van der Waals surface area contributed by atoms with E-state index in [2.05, 4.69) is 43.4 Å². The molecular weight excluding hydrogens is 258 g/mol. The van der Waals surface area contributed by atoms with Crippen molar-refractivity contribution < 1.29 is 4.74 Å². The van der Waals surface area contributed by atoms with Gasteiger partial charge in [0, 0.05) is 25.1 Å². The molecule has 1 aliphatic rings. The summed E-state index contributed by atoms with van der Waals surface area (Å²) >= 11 is 1.73. The van der Waals surface area contributed by atoms with Gasteiger partial charge in [-0.1, -0.05) is 6.92 Å². The van der Waals surface area contributed by atoms with Crippen LogP contribution in [0.5, 0.6) is 0 Å². The number of nitrogens with one attached hydrogen (secondary N) is 1. The smallest absolute Gasteiger partial charge is 0.185 e. The fourth-order valence-corrected chi connectivity index (χ4v) is 3.42. The number of likely N-dealkylation sites (N-methyl/N-ethyl adjacent to an activating group) is 1. The summed E-state index contributed by atoms with van der Waals surface area (Å²) in [5.41, 5.74) is 1.15. The second-order valence-corrected chi connectivity index (χ2v) is 6.11. The Morgan fingerprint density at radius 1 is 1.63 bits per heavy atom. The summed E-state index contributed by atoms with van der Waals surface area (Å²) in [4.78, 5) is 7.04. The molecule has 5 heteroatoms. The minimum absolute atomic E-state index is 0.299. The van der Waals surface area contributed by atoms with Crippen LogP contribution >= 0.6 is 11.3 Å². The van der Waals surface area contributed by atoms with Crippen LogP contribution in [0.3, 0.4) is 0 Å². The van der Waals surface area contributed by atoms with Gasteiger partial charge in [0.15, 0.2) is 5.13 Å². The van der Waals surface area contributed by atoms with E-state index in [9.17, 15) is 0 Å². The molecule has 0 aromatic carbocycles. The van der Waals surface area contributed by atoms with E-state index >= 15 is 0 Å². The molecule has 108 valence electrons. The molecule has 0 bridgehead atoms. The Morgan fingerprint density at radius 2 is 2.42 bits per heavy atom. The zero-order chi connectivity index (χ0) is 13.8. The minimum Gasteiger partial charge on any atom is -0.376 e. The summed E-state index contributed by atoms with van der Waals surface area (Å²) in [6.45, 7) is 8.41. The van der Waals surface area contributed by atoms with Gasteiger partial charge in [-0.05, 0) is 33.2 Å². The van der Waals surface area contributed by atoms with E-state index in [0.29, 0.717) is 18.2 Å². The molecule has 2 heterocycles. The van der Waals surface area contributed by atoms with E-state index < -0.39 is 0 Å². The molecular formula is C14H25N3OS. The van der Waals surface area contributed by atoms with Gasteiger partial charge in [-0.2, -0.15) is 0 Å². The molecule has 1 N–H and O–H groups in total. The largest absolute Gasteiger partial charge is 0.376 e. The van der Waals surface area contributed by atoms with Crippen LogP contribution in [0.1, 0.15) is 45.3 Å². The van der Waals surface area contributed by atoms with E-state index in [4.69, 9.17) is 9.72 Å². The molecule has 0 spiro atoms. The van der Waals surface area contributed by atoms with Crippen LogP contribution in [0.2, 0.25) is 0 Å². The maximum Gasteiger partial charge on any atom is 0.185 e. The predicted molar refractivity (Wildman–Crippen MR) is 81.0 cm³/mol. The molecule has 1 aliphatic heterocycles. The highest BCUT2D eigenvalue weighted by molar-refractivity contribution is 7.13. The SMILES string of the molecule is CCCNC(C)c1csc(N(C)C2CCOC2C)n1. The van der Waals surface area contributed by atoms with Crippen molar-refractivity contribution >= 4 is 16.5 Å². The number of rotatable bonds is 6. The quantitative estimate of drug-likeness (QED) is 0.871. The van der Waals surface area contributed by atoms with E-state index in [0.717, 1.165) is 36.8 Å². The molecule has 1 fully saturated rings. The van der Waals surface area contributed by atoms with Gasteiger partial charge in [-0.3, -0.25) is 0 Å². The van der Waals surface area contributed by atoms with Gasteiger partial charge in [-0.15, -0.1) is 11.3 Å². The van der Waals surface area contributed by atoms with Crippen molar-refractivity contribution in [2.75, 3.05) is 25.1 Å². The number of ether oxygens (including phenoxy) is 1. The highest BCUT2D eigenvalue weighted by atomic mass is 32.1. The van der Waals surface area contributed by atoms with Crippen LogP contribution in [0.15, 0.2) is 5.38 Å². The third-order valence-corrected chi connectivity index (χ3v) is 4.74. The average molecular weight is 283 g/mol. The predicted octanol–water partition coefficient (Wildman–Crippen LogP) is 2.82. The number of nitrogens with zero attached hydrogens (tertiary/aromatic N) is 2. The van der Waals surface area contributed by atoms with Gasteiger partial charge < -0.3 is 15.0 Å². The molecule has 1 aromatic rings. The molecule has 1 saturated heterocycles. The van der Waals surface area contributed by atoms with Crippen molar-refractivity contribution in [1.29, 1.82) is 0 Å². The van der Waals surface area contributed by atoms with Crippen molar-refractivity contribution in [2.24, 2.45) is 0 Å². The van der Waals surface area contributed by atoms with Gasteiger partial charge in [0.1, 0.15) is 0 Å². The number of anilines is 1. The first-order chi connectivity index (χ1) is 9.13. The monoisotopic (exact) mass is 283 g/mol. The van der Waals surface area contributed by atoms with Crippen LogP contribution < -0.4 is 10.2 Å². The molecule has 2 rings (SSSR count). The Morgan fingerprint density at radius 3 is 3.05 bits per heavy atom. The van der Waals surface area contributed by atoms with Gasteiger partial charge in [-0.25, -0.2) is 4.98 Å².